The van der Waals surface area contributed by atoms with Crippen molar-refractivity contribution in [2.24, 2.45) is 5.73 Å². The van der Waals surface area contributed by atoms with Gasteiger partial charge in [-0.1, -0.05) is 61.5 Å². The highest BCUT2D eigenvalue weighted by molar-refractivity contribution is 6.44. The molecule has 0 unspecified atom stereocenters. The molecule has 0 fully saturated rings. The zero-order chi connectivity index (χ0) is 26.4. The predicted octanol–water partition coefficient (Wildman–Crippen LogP) is 4.76. The highest BCUT2D eigenvalue weighted by atomic mass is 16.5. The van der Waals surface area contributed by atoms with Gasteiger partial charge in [-0.15, -0.1) is 0 Å². The van der Waals surface area contributed by atoms with Crippen molar-refractivity contribution in [2.75, 3.05) is 13.2 Å². The number of amides is 1. The van der Waals surface area contributed by atoms with Crippen LogP contribution in [0, 0.1) is 0 Å². The number of aromatic nitrogens is 1. The van der Waals surface area contributed by atoms with E-state index in [0.29, 0.717) is 30.7 Å². The topological polar surface area (TPSA) is 100 Å². The Kier molecular flexibility index (Phi) is 8.03. The van der Waals surface area contributed by atoms with Gasteiger partial charge in [0, 0.05) is 24.4 Å². The molecule has 2 N–H and O–H groups in total. The van der Waals surface area contributed by atoms with Crippen molar-refractivity contribution in [2.45, 2.75) is 33.1 Å². The van der Waals surface area contributed by atoms with Crippen LogP contribution in [0.1, 0.15) is 47.4 Å². The van der Waals surface area contributed by atoms with Crippen LogP contribution in [0.5, 0.6) is 5.75 Å². The van der Waals surface area contributed by atoms with Crippen LogP contribution in [0.4, 0.5) is 0 Å². The summed E-state index contributed by atoms with van der Waals surface area (Å²) in [7, 11) is 0. The van der Waals surface area contributed by atoms with Crippen LogP contribution in [0.25, 0.3) is 16.6 Å². The molecule has 0 saturated carbocycles. The van der Waals surface area contributed by atoms with E-state index in [2.05, 4.69) is 24.3 Å². The van der Waals surface area contributed by atoms with Crippen LogP contribution in [-0.2, 0) is 27.2 Å². The minimum Gasteiger partial charge on any atom is -0.493 e. The lowest BCUT2D eigenvalue weighted by Gasteiger charge is -2.12. The number of pyridine rings is 1. The van der Waals surface area contributed by atoms with E-state index in [4.69, 9.17) is 15.2 Å². The maximum atomic E-state index is 13.0. The van der Waals surface area contributed by atoms with Crippen LogP contribution in [-0.4, -0.2) is 35.3 Å². The molecule has 2 aromatic heterocycles. The average Bonchev–Trinajstić information content (AvgIpc) is 3.21. The number of hydrogen-bond acceptors (Lipinski definition) is 5. The molecule has 0 aliphatic carbocycles. The first kappa shape index (κ1) is 25.7. The minimum absolute atomic E-state index is 0.106. The Morgan fingerprint density at radius 1 is 0.946 bits per heavy atom. The van der Waals surface area contributed by atoms with Crippen LogP contribution >= 0.6 is 0 Å². The summed E-state index contributed by atoms with van der Waals surface area (Å²) in [5.74, 6) is -1.61. The van der Waals surface area contributed by atoms with E-state index >= 15 is 0 Å². The monoisotopic (exact) mass is 498 g/mol. The Bertz CT molecular complexity index is 1440. The molecular formula is C30H30N2O5. The molecule has 7 nitrogen and oxygen atoms in total. The van der Waals surface area contributed by atoms with Gasteiger partial charge < -0.3 is 19.6 Å². The molecule has 1 amide bonds. The van der Waals surface area contributed by atoms with Gasteiger partial charge >= 0.3 is 5.97 Å². The minimum atomic E-state index is -1.01. The van der Waals surface area contributed by atoms with Crippen molar-refractivity contribution < 1.29 is 23.9 Å². The van der Waals surface area contributed by atoms with E-state index in [-0.39, 0.29) is 24.6 Å². The summed E-state index contributed by atoms with van der Waals surface area (Å²) in [6.45, 7) is 4.14. The second-order valence-corrected chi connectivity index (χ2v) is 8.57. The van der Waals surface area contributed by atoms with Crippen molar-refractivity contribution in [3.05, 3.63) is 95.3 Å². The largest absolute Gasteiger partial charge is 0.493 e. The Labute approximate surface area is 215 Å². The van der Waals surface area contributed by atoms with E-state index in [1.165, 1.54) is 0 Å². The van der Waals surface area contributed by atoms with Crippen molar-refractivity contribution >= 4 is 23.2 Å². The number of fused-ring (bicyclic) bond motifs is 1. The van der Waals surface area contributed by atoms with Crippen molar-refractivity contribution in [1.82, 2.24) is 4.40 Å². The van der Waals surface area contributed by atoms with Crippen molar-refractivity contribution in [3.8, 4) is 16.9 Å². The van der Waals surface area contributed by atoms with E-state index in [0.717, 1.165) is 27.9 Å². The second kappa shape index (κ2) is 11.6. The molecular weight excluding hydrogens is 468 g/mol. The quantitative estimate of drug-likeness (QED) is 0.183. The van der Waals surface area contributed by atoms with Gasteiger partial charge in [-0.05, 0) is 41.7 Å². The first-order valence-electron chi connectivity index (χ1n) is 12.4. The van der Waals surface area contributed by atoms with E-state index in [9.17, 15) is 14.4 Å². The van der Waals surface area contributed by atoms with E-state index in [1.807, 2.05) is 47.9 Å². The number of rotatable bonds is 11. The lowest BCUT2D eigenvalue weighted by atomic mass is 9.94. The van der Waals surface area contributed by atoms with Crippen LogP contribution in [0.3, 0.4) is 0 Å². The molecule has 0 atom stereocenters. The molecule has 0 aliphatic rings. The summed E-state index contributed by atoms with van der Waals surface area (Å²) in [5, 5.41) is 0. The highest BCUT2D eigenvalue weighted by Crippen LogP contribution is 2.32. The summed E-state index contributed by atoms with van der Waals surface area (Å²) in [4.78, 5) is 36.6. The number of carbonyl (C=O) groups is 3. The number of carbonyl (C=O) groups excluding carboxylic acids is 3. The number of primary amides is 1. The molecule has 190 valence electrons. The third kappa shape index (κ3) is 5.56. The molecule has 2 heterocycles. The van der Waals surface area contributed by atoms with Crippen molar-refractivity contribution in [3.63, 3.8) is 0 Å². The molecule has 7 heteroatoms. The molecule has 2 aromatic carbocycles. The molecule has 4 rings (SSSR count). The normalized spacial score (nSPS) is 10.9. The maximum absolute atomic E-state index is 13.0. The molecule has 0 aliphatic heterocycles. The zero-order valence-electron chi connectivity index (χ0n) is 21.0. The molecule has 37 heavy (non-hydrogen) atoms. The van der Waals surface area contributed by atoms with Gasteiger partial charge in [-0.2, -0.15) is 0 Å². The molecule has 0 radical (unpaired) electrons. The Hall–Kier alpha value is -4.39. The van der Waals surface area contributed by atoms with Gasteiger partial charge in [-0.3, -0.25) is 14.4 Å². The summed E-state index contributed by atoms with van der Waals surface area (Å²) >= 11 is 0. The third-order valence-electron chi connectivity index (χ3n) is 6.27. The number of ether oxygens (including phenoxy) is 2. The number of hydrogen-bond donors (Lipinski definition) is 1. The van der Waals surface area contributed by atoms with Crippen molar-refractivity contribution in [1.29, 1.82) is 0 Å². The molecule has 0 spiro atoms. The molecule has 0 saturated heterocycles. The standard InChI is InChI=1S/C30H30N2O5/c1-3-23-25(18-21-12-8-9-13-24(21)20-10-6-5-7-11-20)32-16-14-22(37-17-15-27(33)36-4-2)19-26(32)28(23)29(34)30(31)35/h5-14,16,19H,3-4,15,17-18H2,1-2H3,(H2,31,35). The van der Waals surface area contributed by atoms with Gasteiger partial charge in [0.05, 0.1) is 30.7 Å². The Morgan fingerprint density at radius 2 is 1.68 bits per heavy atom. The number of nitrogens with zero attached hydrogens (tertiary/aromatic N) is 1. The summed E-state index contributed by atoms with van der Waals surface area (Å²) in [5.41, 5.74) is 11.2. The van der Waals surface area contributed by atoms with Gasteiger partial charge in [0.1, 0.15) is 5.75 Å². The maximum Gasteiger partial charge on any atom is 0.309 e. The number of esters is 1. The summed E-state index contributed by atoms with van der Waals surface area (Å²) in [6.07, 6.45) is 3.02. The van der Waals surface area contributed by atoms with Crippen LogP contribution < -0.4 is 10.5 Å². The summed E-state index contributed by atoms with van der Waals surface area (Å²) < 4.78 is 12.6. The zero-order valence-corrected chi connectivity index (χ0v) is 21.0. The molecule has 4 aromatic rings. The lowest BCUT2D eigenvalue weighted by Crippen LogP contribution is -2.24. The average molecular weight is 499 g/mol. The van der Waals surface area contributed by atoms with E-state index < -0.39 is 11.7 Å². The Morgan fingerprint density at radius 3 is 2.38 bits per heavy atom. The van der Waals surface area contributed by atoms with Gasteiger partial charge in [0.2, 0.25) is 0 Å². The SMILES string of the molecule is CCOC(=O)CCOc1ccn2c(Cc3ccccc3-c3ccccc3)c(CC)c(C(=O)C(N)=O)c2c1. The fraction of sp³-hybridized carbons (Fsp3) is 0.233. The molecule has 0 bridgehead atoms. The van der Waals surface area contributed by atoms with Gasteiger partial charge in [0.25, 0.3) is 11.7 Å². The van der Waals surface area contributed by atoms with Gasteiger partial charge in [0.15, 0.2) is 0 Å². The number of benzene rings is 2. The summed E-state index contributed by atoms with van der Waals surface area (Å²) in [6, 6.07) is 21.8. The van der Waals surface area contributed by atoms with Gasteiger partial charge in [-0.25, -0.2) is 0 Å². The second-order valence-electron chi connectivity index (χ2n) is 8.57. The predicted molar refractivity (Wildman–Crippen MR) is 142 cm³/mol. The first-order chi connectivity index (χ1) is 17.9. The number of ketones is 1. The fourth-order valence-electron chi connectivity index (χ4n) is 4.63. The van der Waals surface area contributed by atoms with Crippen LogP contribution in [0.15, 0.2) is 72.9 Å². The number of Topliss-reactive ketones (excluding diaryl/α,β-unsaturated/α-hetero) is 1. The number of nitrogens with two attached hydrogens (primary N) is 1. The third-order valence-corrected chi connectivity index (χ3v) is 6.27. The fourth-order valence-corrected chi connectivity index (χ4v) is 4.63. The lowest BCUT2D eigenvalue weighted by molar-refractivity contribution is -0.143. The smallest absolute Gasteiger partial charge is 0.309 e. The van der Waals surface area contributed by atoms with Crippen LogP contribution in [0.2, 0.25) is 0 Å². The Balaban J connectivity index is 1.78. The first-order valence-corrected chi connectivity index (χ1v) is 12.4. The highest BCUT2D eigenvalue weighted by Gasteiger charge is 2.26. The van der Waals surface area contributed by atoms with E-state index in [1.54, 1.807) is 19.1 Å².